The number of carbonyl (C=O) groups excluding carboxylic acids is 1. The van der Waals surface area contributed by atoms with Gasteiger partial charge in [-0.2, -0.15) is 0 Å². The minimum absolute atomic E-state index is 0.153. The molecule has 16 heavy (non-hydrogen) atoms. The summed E-state index contributed by atoms with van der Waals surface area (Å²) >= 11 is 0. The van der Waals surface area contributed by atoms with Gasteiger partial charge in [0.15, 0.2) is 0 Å². The van der Waals surface area contributed by atoms with Crippen LogP contribution in [-0.4, -0.2) is 25.0 Å². The highest BCUT2D eigenvalue weighted by Crippen LogP contribution is 2.19. The first kappa shape index (κ1) is 11.0. The molecule has 1 fully saturated rings. The third kappa shape index (κ3) is 2.54. The summed E-state index contributed by atoms with van der Waals surface area (Å²) in [6, 6.07) is 10.7. The van der Waals surface area contributed by atoms with Gasteiger partial charge in [-0.25, -0.2) is 0 Å². The predicted octanol–water partition coefficient (Wildman–Crippen LogP) is 1.79. The van der Waals surface area contributed by atoms with Crippen molar-refractivity contribution in [1.82, 2.24) is 5.32 Å². The van der Waals surface area contributed by atoms with Crippen molar-refractivity contribution in [2.24, 2.45) is 0 Å². The van der Waals surface area contributed by atoms with E-state index in [0.29, 0.717) is 12.5 Å². The van der Waals surface area contributed by atoms with Crippen LogP contribution in [0, 0.1) is 0 Å². The van der Waals surface area contributed by atoms with Gasteiger partial charge in [-0.1, -0.05) is 25.1 Å². The van der Waals surface area contributed by atoms with Crippen molar-refractivity contribution in [3.63, 3.8) is 0 Å². The number of para-hydroxylation sites is 1. The van der Waals surface area contributed by atoms with Crippen molar-refractivity contribution in [1.29, 1.82) is 0 Å². The predicted molar refractivity (Wildman–Crippen MR) is 65.5 cm³/mol. The van der Waals surface area contributed by atoms with Crippen LogP contribution in [0.5, 0.6) is 0 Å². The zero-order valence-electron chi connectivity index (χ0n) is 9.65. The van der Waals surface area contributed by atoms with E-state index >= 15 is 0 Å². The monoisotopic (exact) mass is 218 g/mol. The molecule has 3 nitrogen and oxygen atoms in total. The molecular weight excluding hydrogens is 200 g/mol. The van der Waals surface area contributed by atoms with Crippen LogP contribution in [0.3, 0.4) is 0 Å². The van der Waals surface area contributed by atoms with Crippen molar-refractivity contribution in [2.45, 2.75) is 25.8 Å². The normalized spacial score (nSPS) is 19.8. The number of benzene rings is 1. The molecule has 1 N–H and O–H groups in total. The van der Waals surface area contributed by atoms with Crippen LogP contribution in [0.25, 0.3) is 0 Å². The Morgan fingerprint density at radius 2 is 2.19 bits per heavy atom. The molecule has 1 atom stereocenters. The van der Waals surface area contributed by atoms with Gasteiger partial charge in [-0.3, -0.25) is 4.79 Å². The molecule has 1 heterocycles. The van der Waals surface area contributed by atoms with Gasteiger partial charge in [-0.15, -0.1) is 0 Å². The lowest BCUT2D eigenvalue weighted by Gasteiger charge is -2.18. The van der Waals surface area contributed by atoms with Crippen LogP contribution in [0.2, 0.25) is 0 Å². The van der Waals surface area contributed by atoms with E-state index in [1.54, 1.807) is 0 Å². The maximum atomic E-state index is 11.3. The van der Waals surface area contributed by atoms with Crippen molar-refractivity contribution in [3.8, 4) is 0 Å². The number of hydrogen-bond acceptors (Lipinski definition) is 2. The van der Waals surface area contributed by atoms with E-state index in [1.807, 2.05) is 25.1 Å². The van der Waals surface area contributed by atoms with Crippen molar-refractivity contribution in [3.05, 3.63) is 30.3 Å². The van der Waals surface area contributed by atoms with Gasteiger partial charge in [0.25, 0.3) is 0 Å². The second-order valence-corrected chi connectivity index (χ2v) is 4.19. The number of nitrogens with one attached hydrogen (secondary N) is 1. The molecule has 1 unspecified atom stereocenters. The standard InChI is InChI=1S/C13H18N2O/c1-2-13(16)14-11-8-9-15(10-11)12-6-4-3-5-7-12/h3-7,11H,2,8-10H2,1H3,(H,14,16). The first-order chi connectivity index (χ1) is 7.79. The molecule has 0 aliphatic carbocycles. The van der Waals surface area contributed by atoms with Gasteiger partial charge in [0.1, 0.15) is 0 Å². The van der Waals surface area contributed by atoms with Crippen LogP contribution in [-0.2, 0) is 4.79 Å². The zero-order valence-corrected chi connectivity index (χ0v) is 9.65. The molecule has 1 aliphatic rings. The van der Waals surface area contributed by atoms with E-state index in [4.69, 9.17) is 0 Å². The third-order valence-electron chi connectivity index (χ3n) is 3.00. The minimum atomic E-state index is 0.153. The number of rotatable bonds is 3. The summed E-state index contributed by atoms with van der Waals surface area (Å²) in [5.74, 6) is 0.153. The summed E-state index contributed by atoms with van der Waals surface area (Å²) in [4.78, 5) is 13.6. The number of hydrogen-bond donors (Lipinski definition) is 1. The molecule has 3 heteroatoms. The maximum Gasteiger partial charge on any atom is 0.219 e. The molecule has 1 aromatic rings. The highest BCUT2D eigenvalue weighted by molar-refractivity contribution is 5.76. The highest BCUT2D eigenvalue weighted by Gasteiger charge is 2.23. The van der Waals surface area contributed by atoms with E-state index < -0.39 is 0 Å². The fourth-order valence-corrected chi connectivity index (χ4v) is 2.08. The Balaban J connectivity index is 1.91. The van der Waals surface area contributed by atoms with Crippen LogP contribution < -0.4 is 10.2 Å². The lowest BCUT2D eigenvalue weighted by molar-refractivity contribution is -0.121. The quantitative estimate of drug-likeness (QED) is 0.839. The van der Waals surface area contributed by atoms with Gasteiger partial charge in [0, 0.05) is 31.2 Å². The number of amides is 1. The van der Waals surface area contributed by atoms with E-state index in [-0.39, 0.29) is 5.91 Å². The van der Waals surface area contributed by atoms with E-state index in [9.17, 15) is 4.79 Å². The fraction of sp³-hybridized carbons (Fsp3) is 0.462. The van der Waals surface area contributed by atoms with Crippen molar-refractivity contribution < 1.29 is 4.79 Å². The summed E-state index contributed by atoms with van der Waals surface area (Å²) in [6.45, 7) is 3.84. The summed E-state index contributed by atoms with van der Waals surface area (Å²) in [5.41, 5.74) is 1.25. The Bertz CT molecular complexity index is 350. The molecule has 0 radical (unpaired) electrons. The number of anilines is 1. The van der Waals surface area contributed by atoms with Gasteiger partial charge in [0.05, 0.1) is 0 Å². The van der Waals surface area contributed by atoms with E-state index in [1.165, 1.54) is 5.69 Å². The Labute approximate surface area is 96.5 Å². The van der Waals surface area contributed by atoms with Crippen molar-refractivity contribution in [2.75, 3.05) is 18.0 Å². The van der Waals surface area contributed by atoms with Crippen LogP contribution in [0.1, 0.15) is 19.8 Å². The molecule has 1 aromatic carbocycles. The molecule has 1 saturated heterocycles. The smallest absolute Gasteiger partial charge is 0.219 e. The average molecular weight is 218 g/mol. The largest absolute Gasteiger partial charge is 0.369 e. The molecule has 0 bridgehead atoms. The van der Waals surface area contributed by atoms with Crippen LogP contribution >= 0.6 is 0 Å². The fourth-order valence-electron chi connectivity index (χ4n) is 2.08. The molecule has 2 rings (SSSR count). The first-order valence-corrected chi connectivity index (χ1v) is 5.89. The third-order valence-corrected chi connectivity index (χ3v) is 3.00. The van der Waals surface area contributed by atoms with Crippen LogP contribution in [0.15, 0.2) is 30.3 Å². The summed E-state index contributed by atoms with van der Waals surface area (Å²) in [5, 5.41) is 3.05. The van der Waals surface area contributed by atoms with Crippen LogP contribution in [0.4, 0.5) is 5.69 Å². The first-order valence-electron chi connectivity index (χ1n) is 5.89. The minimum Gasteiger partial charge on any atom is -0.369 e. The Morgan fingerprint density at radius 3 is 2.88 bits per heavy atom. The molecule has 1 amide bonds. The summed E-state index contributed by atoms with van der Waals surface area (Å²) in [6.07, 6.45) is 1.61. The van der Waals surface area contributed by atoms with E-state index in [0.717, 1.165) is 19.5 Å². The number of carbonyl (C=O) groups is 1. The number of nitrogens with zero attached hydrogens (tertiary/aromatic N) is 1. The van der Waals surface area contributed by atoms with Gasteiger partial charge in [-0.05, 0) is 18.6 Å². The Morgan fingerprint density at radius 1 is 1.44 bits per heavy atom. The van der Waals surface area contributed by atoms with Gasteiger partial charge in [0.2, 0.25) is 5.91 Å². The molecule has 0 spiro atoms. The van der Waals surface area contributed by atoms with E-state index in [2.05, 4.69) is 22.3 Å². The zero-order chi connectivity index (χ0) is 11.4. The SMILES string of the molecule is CCC(=O)NC1CCN(c2ccccc2)C1. The van der Waals surface area contributed by atoms with Gasteiger partial charge >= 0.3 is 0 Å². The molecule has 0 saturated carbocycles. The molecule has 86 valence electrons. The maximum absolute atomic E-state index is 11.3. The van der Waals surface area contributed by atoms with Gasteiger partial charge < -0.3 is 10.2 Å². The molecular formula is C13H18N2O. The average Bonchev–Trinajstić information content (AvgIpc) is 2.78. The topological polar surface area (TPSA) is 32.3 Å². The Hall–Kier alpha value is -1.51. The summed E-state index contributed by atoms with van der Waals surface area (Å²) in [7, 11) is 0. The second kappa shape index (κ2) is 5.01. The Kier molecular flexibility index (Phi) is 3.44. The van der Waals surface area contributed by atoms with Crippen molar-refractivity contribution >= 4 is 11.6 Å². The molecule has 0 aromatic heterocycles. The lowest BCUT2D eigenvalue weighted by atomic mass is 10.2. The second-order valence-electron chi connectivity index (χ2n) is 4.19. The highest BCUT2D eigenvalue weighted by atomic mass is 16.1. The lowest BCUT2D eigenvalue weighted by Crippen LogP contribution is -2.36. The molecule has 1 aliphatic heterocycles. The summed E-state index contributed by atoms with van der Waals surface area (Å²) < 4.78 is 0.